The van der Waals surface area contributed by atoms with Crippen LogP contribution in [0, 0.1) is 5.41 Å². The van der Waals surface area contributed by atoms with E-state index in [-0.39, 0.29) is 11.9 Å². The van der Waals surface area contributed by atoms with Gasteiger partial charge in [-0.15, -0.1) is 0 Å². The molecule has 1 fully saturated rings. The lowest BCUT2D eigenvalue weighted by atomic mass is 9.59. The van der Waals surface area contributed by atoms with E-state index in [0.717, 1.165) is 73.3 Å². The maximum absolute atomic E-state index is 13.7. The normalized spacial score (nSPS) is 23.3. The molecule has 33 heavy (non-hydrogen) atoms. The fraction of sp³-hybridized carbons (Fsp3) is 0.414. The monoisotopic (exact) mass is 444 g/mol. The molecule has 1 atom stereocenters. The van der Waals surface area contributed by atoms with Gasteiger partial charge in [0.25, 0.3) is 0 Å². The molecule has 0 radical (unpaired) electrons. The van der Waals surface area contributed by atoms with Gasteiger partial charge in [-0.1, -0.05) is 43.5 Å². The van der Waals surface area contributed by atoms with Crippen LogP contribution in [0.1, 0.15) is 68.4 Å². The van der Waals surface area contributed by atoms with Crippen molar-refractivity contribution in [3.05, 3.63) is 76.6 Å². The Hall–Kier alpha value is -3.01. The number of ether oxygens (including phenoxy) is 3. The number of carbonyl (C=O) groups excluding carboxylic acids is 1. The van der Waals surface area contributed by atoms with Crippen molar-refractivity contribution in [1.82, 2.24) is 0 Å². The summed E-state index contributed by atoms with van der Waals surface area (Å²) < 4.78 is 16.9. The molecule has 2 aromatic rings. The average molecular weight is 445 g/mol. The summed E-state index contributed by atoms with van der Waals surface area (Å²) in [6, 6.07) is 16.4. The molecular weight excluding hydrogens is 412 g/mol. The van der Waals surface area contributed by atoms with Gasteiger partial charge < -0.3 is 14.2 Å². The van der Waals surface area contributed by atoms with Crippen molar-refractivity contribution < 1.29 is 19.0 Å². The molecule has 2 aliphatic carbocycles. The highest BCUT2D eigenvalue weighted by atomic mass is 16.5. The first-order valence-electron chi connectivity index (χ1n) is 12.1. The summed E-state index contributed by atoms with van der Waals surface area (Å²) in [6.45, 7) is 0. The molecule has 1 unspecified atom stereocenters. The summed E-state index contributed by atoms with van der Waals surface area (Å²) >= 11 is 0. The summed E-state index contributed by atoms with van der Waals surface area (Å²) in [6.07, 6.45) is 10.3. The van der Waals surface area contributed by atoms with Crippen LogP contribution in [0.4, 0.5) is 0 Å². The number of methoxy groups -OCH3 is 2. The van der Waals surface area contributed by atoms with Crippen molar-refractivity contribution in [3.63, 3.8) is 0 Å². The summed E-state index contributed by atoms with van der Waals surface area (Å²) in [5.41, 5.74) is 4.27. The van der Waals surface area contributed by atoms with E-state index in [0.29, 0.717) is 0 Å². The molecule has 1 spiro atoms. The Labute approximate surface area is 196 Å². The van der Waals surface area contributed by atoms with Gasteiger partial charge in [-0.3, -0.25) is 4.79 Å². The van der Waals surface area contributed by atoms with E-state index in [1.54, 1.807) is 14.2 Å². The fourth-order valence-corrected chi connectivity index (χ4v) is 5.99. The smallest absolute Gasteiger partial charge is 0.318 e. The van der Waals surface area contributed by atoms with Gasteiger partial charge in [0, 0.05) is 5.92 Å². The van der Waals surface area contributed by atoms with E-state index >= 15 is 0 Å². The molecule has 0 N–H and O–H groups in total. The van der Waals surface area contributed by atoms with Gasteiger partial charge in [-0.05, 0) is 84.7 Å². The largest absolute Gasteiger partial charge is 0.497 e. The van der Waals surface area contributed by atoms with E-state index in [1.165, 1.54) is 17.6 Å². The van der Waals surface area contributed by atoms with Crippen molar-refractivity contribution in [3.8, 4) is 11.5 Å². The zero-order valence-corrected chi connectivity index (χ0v) is 19.6. The van der Waals surface area contributed by atoms with Gasteiger partial charge in [0.1, 0.15) is 17.3 Å². The molecule has 172 valence electrons. The van der Waals surface area contributed by atoms with Gasteiger partial charge in [-0.25, -0.2) is 0 Å². The maximum Gasteiger partial charge on any atom is 0.318 e. The minimum absolute atomic E-state index is 0.0377. The average Bonchev–Trinajstić information content (AvgIpc) is 2.87. The van der Waals surface area contributed by atoms with Gasteiger partial charge in [-0.2, -0.15) is 0 Å². The lowest BCUT2D eigenvalue weighted by Gasteiger charge is -2.47. The van der Waals surface area contributed by atoms with E-state index in [4.69, 9.17) is 14.2 Å². The second kappa shape index (κ2) is 9.09. The Morgan fingerprint density at radius 2 is 1.48 bits per heavy atom. The molecule has 4 heteroatoms. The van der Waals surface area contributed by atoms with Crippen LogP contribution in [-0.4, -0.2) is 20.2 Å². The number of benzene rings is 2. The van der Waals surface area contributed by atoms with Crippen LogP contribution in [0.15, 0.2) is 65.4 Å². The lowest BCUT2D eigenvalue weighted by Crippen LogP contribution is -2.45. The SMILES string of the molecule is COc1ccc(C=C2CCCC3=C2OC(=O)C2(CCCCC2)C3c2ccc(OC)cc2)cc1. The first-order chi connectivity index (χ1) is 16.1. The molecule has 0 aromatic heterocycles. The van der Waals surface area contributed by atoms with Gasteiger partial charge in [0.15, 0.2) is 0 Å². The molecule has 0 amide bonds. The van der Waals surface area contributed by atoms with Gasteiger partial charge in [0.05, 0.1) is 19.6 Å². The number of allylic oxidation sites excluding steroid dienone is 2. The highest BCUT2D eigenvalue weighted by molar-refractivity contribution is 5.83. The molecule has 2 aromatic carbocycles. The van der Waals surface area contributed by atoms with Crippen LogP contribution in [0.3, 0.4) is 0 Å². The lowest BCUT2D eigenvalue weighted by molar-refractivity contribution is -0.157. The van der Waals surface area contributed by atoms with Crippen molar-refractivity contribution in [2.75, 3.05) is 14.2 Å². The Kier molecular flexibility index (Phi) is 6.01. The molecular formula is C29H32O4. The molecule has 0 bridgehead atoms. The summed E-state index contributed by atoms with van der Waals surface area (Å²) in [5, 5.41) is 0. The topological polar surface area (TPSA) is 44.8 Å². The minimum Gasteiger partial charge on any atom is -0.497 e. The van der Waals surface area contributed by atoms with Crippen molar-refractivity contribution >= 4 is 12.0 Å². The number of hydrogen-bond acceptors (Lipinski definition) is 4. The van der Waals surface area contributed by atoms with Gasteiger partial charge in [0.2, 0.25) is 0 Å². The van der Waals surface area contributed by atoms with Crippen LogP contribution >= 0.6 is 0 Å². The number of carbonyl (C=O) groups is 1. The fourth-order valence-electron chi connectivity index (χ4n) is 5.99. The molecule has 1 saturated carbocycles. The van der Waals surface area contributed by atoms with Gasteiger partial charge >= 0.3 is 5.97 Å². The maximum atomic E-state index is 13.7. The molecule has 4 nitrogen and oxygen atoms in total. The van der Waals surface area contributed by atoms with Crippen LogP contribution in [0.5, 0.6) is 11.5 Å². The van der Waals surface area contributed by atoms with E-state index in [1.807, 2.05) is 24.3 Å². The zero-order valence-electron chi connectivity index (χ0n) is 19.6. The van der Waals surface area contributed by atoms with Crippen LogP contribution in [0.2, 0.25) is 0 Å². The highest BCUT2D eigenvalue weighted by Gasteiger charge is 2.54. The van der Waals surface area contributed by atoms with E-state index < -0.39 is 5.41 Å². The number of esters is 1. The molecule has 0 saturated heterocycles. The van der Waals surface area contributed by atoms with Crippen LogP contribution in [-0.2, 0) is 9.53 Å². The van der Waals surface area contributed by atoms with E-state index in [9.17, 15) is 4.79 Å². The molecule has 3 aliphatic rings. The highest BCUT2D eigenvalue weighted by Crippen LogP contribution is 2.58. The van der Waals surface area contributed by atoms with Crippen molar-refractivity contribution in [2.24, 2.45) is 5.41 Å². The molecule has 5 rings (SSSR count). The zero-order chi connectivity index (χ0) is 22.8. The Morgan fingerprint density at radius 3 is 2.12 bits per heavy atom. The summed E-state index contributed by atoms with van der Waals surface area (Å²) in [4.78, 5) is 13.7. The third-order valence-electron chi connectivity index (χ3n) is 7.63. The molecule has 1 aliphatic heterocycles. The third-order valence-corrected chi connectivity index (χ3v) is 7.63. The van der Waals surface area contributed by atoms with E-state index in [2.05, 4.69) is 30.3 Å². The van der Waals surface area contributed by atoms with Crippen molar-refractivity contribution in [1.29, 1.82) is 0 Å². The predicted octanol–water partition coefficient (Wildman–Crippen LogP) is 6.82. The predicted molar refractivity (Wildman–Crippen MR) is 129 cm³/mol. The minimum atomic E-state index is -0.450. The second-order valence-electron chi connectivity index (χ2n) is 9.46. The Balaban J connectivity index is 1.61. The first-order valence-corrected chi connectivity index (χ1v) is 12.1. The Bertz CT molecular complexity index is 1070. The number of rotatable bonds is 4. The van der Waals surface area contributed by atoms with Crippen LogP contribution < -0.4 is 9.47 Å². The number of hydrogen-bond donors (Lipinski definition) is 0. The Morgan fingerprint density at radius 1 is 0.848 bits per heavy atom. The third kappa shape index (κ3) is 3.96. The summed E-state index contributed by atoms with van der Waals surface area (Å²) in [7, 11) is 3.36. The first kappa shape index (κ1) is 21.8. The standard InChI is InChI=1S/C29H32O4/c1-31-23-13-9-20(10-14-23)19-22-7-6-8-25-26(21-11-15-24(32-2)16-12-21)29(17-4-3-5-18-29)28(30)33-27(22)25/h9-16,19,26H,3-8,17-18H2,1-2H3. The second-order valence-corrected chi connectivity index (χ2v) is 9.46. The molecule has 1 heterocycles. The summed E-state index contributed by atoms with van der Waals surface area (Å²) in [5.74, 6) is 2.53. The van der Waals surface area contributed by atoms with Crippen LogP contribution in [0.25, 0.3) is 6.08 Å². The quantitative estimate of drug-likeness (QED) is 0.486. The van der Waals surface area contributed by atoms with Crippen molar-refractivity contribution in [2.45, 2.75) is 57.3 Å².